The van der Waals surface area contributed by atoms with Crippen LogP contribution in [-0.2, 0) is 14.3 Å². The summed E-state index contributed by atoms with van der Waals surface area (Å²) in [5.74, 6) is 0.479. The molecule has 2 rings (SSSR count). The molecule has 0 aromatic rings. The van der Waals surface area contributed by atoms with Crippen LogP contribution in [0.15, 0.2) is 0 Å². The number of nitrogens with one attached hydrogen (secondary N) is 1. The van der Waals surface area contributed by atoms with E-state index in [-0.39, 0.29) is 23.7 Å². The van der Waals surface area contributed by atoms with Crippen molar-refractivity contribution in [3.05, 3.63) is 0 Å². The van der Waals surface area contributed by atoms with Crippen LogP contribution in [0.4, 0.5) is 4.79 Å². The van der Waals surface area contributed by atoms with Crippen molar-refractivity contribution in [2.75, 3.05) is 33.3 Å². The van der Waals surface area contributed by atoms with E-state index >= 15 is 0 Å². The van der Waals surface area contributed by atoms with E-state index < -0.39 is 12.1 Å². The zero-order valence-electron chi connectivity index (χ0n) is 17.0. The normalized spacial score (nSPS) is 20.1. The fraction of sp³-hybridized carbons (Fsp3) is 0.850. The fourth-order valence-electron chi connectivity index (χ4n) is 4.01. The van der Waals surface area contributed by atoms with Gasteiger partial charge >= 0.3 is 6.09 Å². The van der Waals surface area contributed by atoms with Crippen molar-refractivity contribution >= 4 is 17.9 Å². The SMILES string of the molecule is COC(=O)NC(CC(C)C)C(=O)N1CCC(C(=O)N2CCCCCC2)CC1. The second-order valence-corrected chi connectivity index (χ2v) is 8.16. The Morgan fingerprint density at radius 1 is 0.963 bits per heavy atom. The molecule has 7 heteroatoms. The predicted molar refractivity (Wildman–Crippen MR) is 103 cm³/mol. The van der Waals surface area contributed by atoms with Crippen molar-refractivity contribution in [1.82, 2.24) is 15.1 Å². The number of methoxy groups -OCH3 is 1. The number of hydrogen-bond acceptors (Lipinski definition) is 4. The predicted octanol–water partition coefficient (Wildman–Crippen LogP) is 2.40. The molecule has 0 bridgehead atoms. The molecule has 1 N–H and O–H groups in total. The van der Waals surface area contributed by atoms with Gasteiger partial charge in [0.05, 0.1) is 7.11 Å². The number of alkyl carbamates (subject to hydrolysis) is 1. The van der Waals surface area contributed by atoms with Crippen LogP contribution in [0.1, 0.15) is 58.8 Å². The highest BCUT2D eigenvalue weighted by Crippen LogP contribution is 2.23. The summed E-state index contributed by atoms with van der Waals surface area (Å²) in [6, 6.07) is -0.574. The van der Waals surface area contributed by atoms with Crippen LogP contribution in [0.2, 0.25) is 0 Å². The Morgan fingerprint density at radius 2 is 1.56 bits per heavy atom. The quantitative estimate of drug-likeness (QED) is 0.793. The highest BCUT2D eigenvalue weighted by atomic mass is 16.5. The van der Waals surface area contributed by atoms with Crippen LogP contribution in [0.5, 0.6) is 0 Å². The zero-order valence-corrected chi connectivity index (χ0v) is 17.0. The molecular weight excluding hydrogens is 346 g/mol. The van der Waals surface area contributed by atoms with Gasteiger partial charge in [-0.3, -0.25) is 9.59 Å². The Morgan fingerprint density at radius 3 is 2.07 bits per heavy atom. The van der Waals surface area contributed by atoms with Crippen LogP contribution >= 0.6 is 0 Å². The molecule has 154 valence electrons. The number of carbonyl (C=O) groups is 3. The third-order valence-electron chi connectivity index (χ3n) is 5.56. The Balaban J connectivity index is 1.89. The van der Waals surface area contributed by atoms with Crippen molar-refractivity contribution in [3.63, 3.8) is 0 Å². The van der Waals surface area contributed by atoms with Crippen LogP contribution in [0.25, 0.3) is 0 Å². The Hall–Kier alpha value is -1.79. The van der Waals surface area contributed by atoms with E-state index in [1.165, 1.54) is 20.0 Å². The van der Waals surface area contributed by atoms with Gasteiger partial charge in [-0.05, 0) is 38.0 Å². The number of nitrogens with zero attached hydrogens (tertiary/aromatic N) is 2. The van der Waals surface area contributed by atoms with E-state index in [4.69, 9.17) is 0 Å². The number of piperidine rings is 1. The molecule has 2 heterocycles. The molecule has 0 radical (unpaired) electrons. The molecule has 2 fully saturated rings. The lowest BCUT2D eigenvalue weighted by atomic mass is 9.94. The van der Waals surface area contributed by atoms with Gasteiger partial charge in [0, 0.05) is 32.1 Å². The van der Waals surface area contributed by atoms with Crippen molar-refractivity contribution in [2.24, 2.45) is 11.8 Å². The smallest absolute Gasteiger partial charge is 0.407 e. The number of hydrogen-bond donors (Lipinski definition) is 1. The molecule has 2 aliphatic rings. The largest absolute Gasteiger partial charge is 0.453 e. The van der Waals surface area contributed by atoms with Crippen molar-refractivity contribution in [3.8, 4) is 0 Å². The lowest BCUT2D eigenvalue weighted by Gasteiger charge is -2.36. The Bertz CT molecular complexity index is 507. The van der Waals surface area contributed by atoms with Crippen LogP contribution in [0, 0.1) is 11.8 Å². The molecule has 0 saturated carbocycles. The molecule has 1 unspecified atom stereocenters. The third kappa shape index (κ3) is 6.40. The van der Waals surface area contributed by atoms with Gasteiger partial charge in [0.25, 0.3) is 0 Å². The van der Waals surface area contributed by atoms with E-state index in [0.29, 0.717) is 32.4 Å². The van der Waals surface area contributed by atoms with Gasteiger partial charge in [-0.2, -0.15) is 0 Å². The summed E-state index contributed by atoms with van der Waals surface area (Å²) in [6.07, 6.45) is 6.00. The summed E-state index contributed by atoms with van der Waals surface area (Å²) in [5.41, 5.74) is 0. The summed E-state index contributed by atoms with van der Waals surface area (Å²) in [5, 5.41) is 2.66. The fourth-order valence-corrected chi connectivity index (χ4v) is 4.01. The minimum absolute atomic E-state index is 0.0178. The highest BCUT2D eigenvalue weighted by Gasteiger charge is 2.33. The molecule has 27 heavy (non-hydrogen) atoms. The maximum absolute atomic E-state index is 12.9. The zero-order chi connectivity index (χ0) is 19.8. The summed E-state index contributed by atoms with van der Waals surface area (Å²) >= 11 is 0. The summed E-state index contributed by atoms with van der Waals surface area (Å²) < 4.78 is 4.65. The average molecular weight is 382 g/mol. The first-order valence-corrected chi connectivity index (χ1v) is 10.3. The molecule has 2 aliphatic heterocycles. The minimum atomic E-state index is -0.583. The van der Waals surface area contributed by atoms with Gasteiger partial charge in [-0.25, -0.2) is 4.79 Å². The van der Waals surface area contributed by atoms with E-state index in [9.17, 15) is 14.4 Å². The standard InChI is InChI=1S/C20H35N3O4/c1-15(2)14-17(21-20(26)27-3)19(25)23-12-8-16(9-13-23)18(24)22-10-6-4-5-7-11-22/h15-17H,4-14H2,1-3H3,(H,21,26). The van der Waals surface area contributed by atoms with Gasteiger partial charge < -0.3 is 19.9 Å². The Kier molecular flexibility index (Phi) is 8.38. The molecule has 1 atom stereocenters. The monoisotopic (exact) mass is 381 g/mol. The molecule has 3 amide bonds. The summed E-state index contributed by atoms with van der Waals surface area (Å²) in [6.45, 7) is 6.92. The van der Waals surface area contributed by atoms with Gasteiger partial charge in [-0.15, -0.1) is 0 Å². The van der Waals surface area contributed by atoms with Crippen LogP contribution < -0.4 is 5.32 Å². The first-order valence-electron chi connectivity index (χ1n) is 10.3. The molecule has 0 aliphatic carbocycles. The van der Waals surface area contributed by atoms with Gasteiger partial charge in [-0.1, -0.05) is 26.7 Å². The van der Waals surface area contributed by atoms with Gasteiger partial charge in [0.1, 0.15) is 6.04 Å². The maximum atomic E-state index is 12.9. The van der Waals surface area contributed by atoms with E-state index in [1.807, 2.05) is 18.7 Å². The van der Waals surface area contributed by atoms with Crippen molar-refractivity contribution < 1.29 is 19.1 Å². The second-order valence-electron chi connectivity index (χ2n) is 8.16. The Labute approximate surface area is 162 Å². The minimum Gasteiger partial charge on any atom is -0.453 e. The number of rotatable bonds is 5. The van der Waals surface area contributed by atoms with Gasteiger partial charge in [0.2, 0.25) is 11.8 Å². The average Bonchev–Trinajstić information content (AvgIpc) is 2.95. The van der Waals surface area contributed by atoms with Crippen LogP contribution in [0.3, 0.4) is 0 Å². The summed E-state index contributed by atoms with van der Waals surface area (Å²) in [4.78, 5) is 41.1. The van der Waals surface area contributed by atoms with E-state index in [0.717, 1.165) is 25.9 Å². The number of ether oxygens (including phenoxy) is 1. The van der Waals surface area contributed by atoms with Crippen molar-refractivity contribution in [2.45, 2.75) is 64.8 Å². The number of likely N-dealkylation sites (tertiary alicyclic amines) is 2. The number of amides is 3. The molecule has 7 nitrogen and oxygen atoms in total. The lowest BCUT2D eigenvalue weighted by Crippen LogP contribution is -2.52. The van der Waals surface area contributed by atoms with Crippen LogP contribution in [-0.4, -0.2) is 67.0 Å². The first-order chi connectivity index (χ1) is 12.9. The molecule has 0 spiro atoms. The van der Waals surface area contributed by atoms with Gasteiger partial charge in [0.15, 0.2) is 0 Å². The molecular formula is C20H35N3O4. The number of carbonyl (C=O) groups excluding carboxylic acids is 3. The highest BCUT2D eigenvalue weighted by molar-refractivity contribution is 5.86. The lowest BCUT2D eigenvalue weighted by molar-refractivity contribution is -0.141. The third-order valence-corrected chi connectivity index (χ3v) is 5.56. The first kappa shape index (κ1) is 21.5. The van der Waals surface area contributed by atoms with E-state index in [2.05, 4.69) is 10.1 Å². The molecule has 0 aromatic heterocycles. The second kappa shape index (κ2) is 10.5. The molecule has 0 aromatic carbocycles. The maximum Gasteiger partial charge on any atom is 0.407 e. The van der Waals surface area contributed by atoms with E-state index in [1.54, 1.807) is 4.90 Å². The van der Waals surface area contributed by atoms with Crippen molar-refractivity contribution in [1.29, 1.82) is 0 Å². The summed E-state index contributed by atoms with van der Waals surface area (Å²) in [7, 11) is 1.30. The molecule has 2 saturated heterocycles. The topological polar surface area (TPSA) is 79.0 Å².